The van der Waals surface area contributed by atoms with Crippen molar-refractivity contribution in [3.05, 3.63) is 102 Å². The fourth-order valence-electron chi connectivity index (χ4n) is 5.24. The Morgan fingerprint density at radius 3 is 2.32 bits per heavy atom. The minimum Gasteiger partial charge on any atom is -0.496 e. The highest BCUT2D eigenvalue weighted by Crippen LogP contribution is 2.39. The van der Waals surface area contributed by atoms with Crippen LogP contribution in [0.2, 0.25) is 0 Å². The number of carbonyl (C=O) groups excluding carboxylic acids is 1. The quantitative estimate of drug-likeness (QED) is 0.257. The molecular formula is C31H35N5O2. The summed E-state index contributed by atoms with van der Waals surface area (Å²) >= 11 is 0. The van der Waals surface area contributed by atoms with E-state index in [1.165, 1.54) is 5.56 Å². The number of guanidine groups is 1. The van der Waals surface area contributed by atoms with Gasteiger partial charge in [-0.05, 0) is 48.9 Å². The molecule has 3 aromatic rings. The zero-order valence-electron chi connectivity index (χ0n) is 22.1. The van der Waals surface area contributed by atoms with Crippen LogP contribution in [0.4, 0.5) is 0 Å². The van der Waals surface area contributed by atoms with Gasteiger partial charge in [-0.25, -0.2) is 0 Å². The summed E-state index contributed by atoms with van der Waals surface area (Å²) in [6, 6.07) is 28.0. The molecule has 0 aliphatic heterocycles. The SMILES string of the molecule is COc1ccccc1C(=O)NCC1(c2ccccc2)CCC(N/C(=N\C#N)N(C)Cc2ccccc2)CC1. The van der Waals surface area contributed by atoms with Gasteiger partial charge in [0.2, 0.25) is 12.2 Å². The molecule has 7 heteroatoms. The van der Waals surface area contributed by atoms with E-state index in [2.05, 4.69) is 52.0 Å². The van der Waals surface area contributed by atoms with Crippen molar-refractivity contribution in [2.24, 2.45) is 4.99 Å². The molecule has 3 aromatic carbocycles. The highest BCUT2D eigenvalue weighted by Gasteiger charge is 2.37. The number of amides is 1. The van der Waals surface area contributed by atoms with Gasteiger partial charge in [0, 0.05) is 31.6 Å². The maximum Gasteiger partial charge on any atom is 0.255 e. The summed E-state index contributed by atoms with van der Waals surface area (Å²) < 4.78 is 5.39. The highest BCUT2D eigenvalue weighted by atomic mass is 16.5. The molecule has 1 saturated carbocycles. The Bertz CT molecular complexity index is 1260. The largest absolute Gasteiger partial charge is 0.496 e. The van der Waals surface area contributed by atoms with Crippen molar-refractivity contribution in [3.8, 4) is 11.9 Å². The average molecular weight is 510 g/mol. The number of nitriles is 1. The van der Waals surface area contributed by atoms with E-state index in [1.807, 2.05) is 54.5 Å². The zero-order chi connectivity index (χ0) is 26.8. The van der Waals surface area contributed by atoms with Crippen LogP contribution >= 0.6 is 0 Å². The second-order valence-corrected chi connectivity index (χ2v) is 9.82. The molecule has 1 aliphatic rings. The first-order chi connectivity index (χ1) is 18.5. The lowest BCUT2D eigenvalue weighted by Gasteiger charge is -2.41. The van der Waals surface area contributed by atoms with Crippen molar-refractivity contribution in [2.75, 3.05) is 20.7 Å². The van der Waals surface area contributed by atoms with E-state index in [-0.39, 0.29) is 17.4 Å². The summed E-state index contributed by atoms with van der Waals surface area (Å²) in [6.45, 7) is 1.19. The molecule has 0 spiro atoms. The van der Waals surface area contributed by atoms with Gasteiger partial charge in [-0.15, -0.1) is 4.99 Å². The van der Waals surface area contributed by atoms with Gasteiger partial charge in [-0.1, -0.05) is 72.8 Å². The molecule has 1 aliphatic carbocycles. The van der Waals surface area contributed by atoms with E-state index in [0.29, 0.717) is 30.4 Å². The summed E-state index contributed by atoms with van der Waals surface area (Å²) in [5, 5.41) is 16.0. The van der Waals surface area contributed by atoms with Crippen LogP contribution in [-0.4, -0.2) is 43.5 Å². The van der Waals surface area contributed by atoms with Crippen LogP contribution in [-0.2, 0) is 12.0 Å². The van der Waals surface area contributed by atoms with Crippen LogP contribution < -0.4 is 15.4 Å². The standard InChI is InChI=1S/C31H35N5O2/c1-36(21-24-11-5-3-6-12-24)30(34-23-32)35-26-17-19-31(20-18-26,25-13-7-4-8-14-25)22-33-29(37)27-15-9-10-16-28(27)38-2/h3-16,26H,17-22H2,1-2H3,(H,33,37)(H,34,35). The minimum absolute atomic E-state index is 0.135. The molecule has 0 atom stereocenters. The first-order valence-electron chi connectivity index (χ1n) is 13.0. The van der Waals surface area contributed by atoms with Crippen LogP contribution in [0.15, 0.2) is 89.9 Å². The van der Waals surface area contributed by atoms with E-state index in [0.717, 1.165) is 31.2 Å². The van der Waals surface area contributed by atoms with E-state index in [9.17, 15) is 10.1 Å². The Labute approximate surface area is 225 Å². The lowest BCUT2D eigenvalue weighted by Crippen LogP contribution is -2.50. The normalized spacial score (nSPS) is 19.2. The zero-order valence-corrected chi connectivity index (χ0v) is 22.1. The molecule has 7 nitrogen and oxygen atoms in total. The number of nitrogens with one attached hydrogen (secondary N) is 2. The molecule has 0 radical (unpaired) electrons. The number of carbonyl (C=O) groups is 1. The van der Waals surface area contributed by atoms with Gasteiger partial charge >= 0.3 is 0 Å². The number of rotatable bonds is 8. The third kappa shape index (κ3) is 6.51. The molecule has 0 heterocycles. The number of benzene rings is 3. The maximum absolute atomic E-state index is 13.1. The third-order valence-corrected chi connectivity index (χ3v) is 7.38. The maximum atomic E-state index is 13.1. The van der Waals surface area contributed by atoms with Gasteiger partial charge in [0.15, 0.2) is 0 Å². The molecule has 0 aromatic heterocycles. The lowest BCUT2D eigenvalue weighted by atomic mass is 9.68. The van der Waals surface area contributed by atoms with Gasteiger partial charge in [-0.3, -0.25) is 4.79 Å². The summed E-state index contributed by atoms with van der Waals surface area (Å²) in [7, 11) is 3.52. The summed E-state index contributed by atoms with van der Waals surface area (Å²) in [4.78, 5) is 19.2. The van der Waals surface area contributed by atoms with Crippen LogP contribution in [0.25, 0.3) is 0 Å². The fraction of sp³-hybridized carbons (Fsp3) is 0.323. The monoisotopic (exact) mass is 509 g/mol. The molecule has 0 bridgehead atoms. The number of nitrogens with zero attached hydrogens (tertiary/aromatic N) is 3. The Morgan fingerprint density at radius 2 is 1.66 bits per heavy atom. The van der Waals surface area contributed by atoms with E-state index < -0.39 is 0 Å². The fourth-order valence-corrected chi connectivity index (χ4v) is 5.24. The number of aliphatic imine (C=N–C) groups is 1. The molecular weight excluding hydrogens is 474 g/mol. The molecule has 1 fully saturated rings. The topological polar surface area (TPSA) is 89.7 Å². The van der Waals surface area contributed by atoms with Gasteiger partial charge in [0.05, 0.1) is 12.7 Å². The Morgan fingerprint density at radius 1 is 1.03 bits per heavy atom. The average Bonchev–Trinajstić information content (AvgIpc) is 2.97. The van der Waals surface area contributed by atoms with Crippen molar-refractivity contribution in [1.82, 2.24) is 15.5 Å². The predicted molar refractivity (Wildman–Crippen MR) is 150 cm³/mol. The molecule has 1 amide bonds. The van der Waals surface area contributed by atoms with Gasteiger partial charge < -0.3 is 20.3 Å². The highest BCUT2D eigenvalue weighted by molar-refractivity contribution is 5.97. The molecule has 2 N–H and O–H groups in total. The van der Waals surface area contributed by atoms with Crippen molar-refractivity contribution >= 4 is 11.9 Å². The van der Waals surface area contributed by atoms with Crippen molar-refractivity contribution in [3.63, 3.8) is 0 Å². The third-order valence-electron chi connectivity index (χ3n) is 7.38. The number of methoxy groups -OCH3 is 1. The van der Waals surface area contributed by atoms with Crippen LogP contribution in [0.3, 0.4) is 0 Å². The van der Waals surface area contributed by atoms with E-state index in [4.69, 9.17) is 4.74 Å². The van der Waals surface area contributed by atoms with Crippen LogP contribution in [0, 0.1) is 11.5 Å². The number of hydrogen-bond acceptors (Lipinski definition) is 4. The molecule has 196 valence electrons. The van der Waals surface area contributed by atoms with Crippen molar-refractivity contribution < 1.29 is 9.53 Å². The van der Waals surface area contributed by atoms with Crippen molar-refractivity contribution in [1.29, 1.82) is 5.26 Å². The Balaban J connectivity index is 1.44. The van der Waals surface area contributed by atoms with Crippen molar-refractivity contribution in [2.45, 2.75) is 43.7 Å². The Kier molecular flexibility index (Phi) is 8.99. The number of hydrogen-bond donors (Lipinski definition) is 2. The molecule has 38 heavy (non-hydrogen) atoms. The first kappa shape index (κ1) is 26.7. The molecule has 0 saturated heterocycles. The van der Waals surface area contributed by atoms with Gasteiger partial charge in [0.1, 0.15) is 5.75 Å². The number of ether oxygens (including phenoxy) is 1. The summed E-state index contributed by atoms with van der Waals surface area (Å²) in [6.07, 6.45) is 5.52. The smallest absolute Gasteiger partial charge is 0.255 e. The summed E-state index contributed by atoms with van der Waals surface area (Å²) in [5.41, 5.74) is 2.73. The minimum atomic E-state index is -0.181. The van der Waals surface area contributed by atoms with Crippen LogP contribution in [0.5, 0.6) is 5.75 Å². The van der Waals surface area contributed by atoms with E-state index in [1.54, 1.807) is 19.2 Å². The number of para-hydroxylation sites is 1. The molecule has 4 rings (SSSR count). The van der Waals surface area contributed by atoms with Gasteiger partial charge in [-0.2, -0.15) is 5.26 Å². The van der Waals surface area contributed by atoms with Crippen LogP contribution in [0.1, 0.15) is 47.2 Å². The first-order valence-corrected chi connectivity index (χ1v) is 13.0. The molecule has 0 unspecified atom stereocenters. The van der Waals surface area contributed by atoms with Gasteiger partial charge in [0.25, 0.3) is 5.91 Å². The second-order valence-electron chi connectivity index (χ2n) is 9.82. The Hall–Kier alpha value is -4.31. The predicted octanol–water partition coefficient (Wildman–Crippen LogP) is 4.86. The lowest BCUT2D eigenvalue weighted by molar-refractivity contribution is 0.0932. The second kappa shape index (κ2) is 12.8. The van der Waals surface area contributed by atoms with E-state index >= 15 is 0 Å². The summed E-state index contributed by atoms with van der Waals surface area (Å²) in [5.74, 6) is 1.01.